The fourth-order valence-electron chi connectivity index (χ4n) is 4.11. The maximum absolute atomic E-state index is 10.1. The summed E-state index contributed by atoms with van der Waals surface area (Å²) in [6.45, 7) is 7.32. The van der Waals surface area contributed by atoms with Crippen LogP contribution >= 0.6 is 11.6 Å². The average molecular weight is 404 g/mol. The smallest absolute Gasteiger partial charge is 0.116 e. The second-order valence-electron chi connectivity index (χ2n) is 8.13. The van der Waals surface area contributed by atoms with Gasteiger partial charge in [0, 0.05) is 33.7 Å². The van der Waals surface area contributed by atoms with E-state index in [1.54, 1.807) is 6.07 Å². The average Bonchev–Trinajstić information content (AvgIpc) is 2.95. The van der Waals surface area contributed by atoms with E-state index < -0.39 is 0 Å². The van der Waals surface area contributed by atoms with Gasteiger partial charge in [0.2, 0.25) is 0 Å². The Morgan fingerprint density at radius 2 is 1.69 bits per heavy atom. The molecule has 4 aromatic rings. The van der Waals surface area contributed by atoms with Crippen LogP contribution in [0.3, 0.4) is 0 Å². The van der Waals surface area contributed by atoms with Crippen LogP contribution in [0.1, 0.15) is 30.7 Å². The van der Waals surface area contributed by atoms with Gasteiger partial charge in [-0.1, -0.05) is 67.9 Å². The topological polar surface area (TPSA) is 25.2 Å². The van der Waals surface area contributed by atoms with E-state index in [0.29, 0.717) is 12.5 Å². The van der Waals surface area contributed by atoms with Crippen LogP contribution in [0.5, 0.6) is 5.75 Å². The van der Waals surface area contributed by atoms with E-state index in [2.05, 4.69) is 55.7 Å². The first-order valence-electron chi connectivity index (χ1n) is 10.1. The summed E-state index contributed by atoms with van der Waals surface area (Å²) in [6.07, 6.45) is 1.08. The number of fused-ring (bicyclic) bond motifs is 1. The Bertz CT molecular complexity index is 1160. The lowest BCUT2D eigenvalue weighted by Crippen LogP contribution is -2.02. The molecule has 4 rings (SSSR count). The molecule has 0 aliphatic heterocycles. The Kier molecular flexibility index (Phi) is 5.38. The lowest BCUT2D eigenvalue weighted by atomic mass is 9.97. The lowest BCUT2D eigenvalue weighted by molar-refractivity contribution is 0.476. The van der Waals surface area contributed by atoms with Gasteiger partial charge in [0.1, 0.15) is 5.75 Å². The molecule has 3 heteroatoms. The molecule has 148 valence electrons. The SMILES string of the molecule is Cc1c(-c2ccc(CC(C)C)cc2)c2cc(O)ccc2n1Cc1ccccc1Cl. The highest BCUT2D eigenvalue weighted by Crippen LogP contribution is 2.37. The van der Waals surface area contributed by atoms with Gasteiger partial charge in [-0.15, -0.1) is 0 Å². The predicted molar refractivity (Wildman–Crippen MR) is 123 cm³/mol. The molecule has 1 N–H and O–H groups in total. The molecule has 29 heavy (non-hydrogen) atoms. The van der Waals surface area contributed by atoms with Gasteiger partial charge in [-0.05, 0) is 60.2 Å². The van der Waals surface area contributed by atoms with Crippen molar-refractivity contribution >= 4 is 22.5 Å². The second-order valence-corrected chi connectivity index (χ2v) is 8.54. The number of nitrogens with zero attached hydrogens (tertiary/aromatic N) is 1. The van der Waals surface area contributed by atoms with Crippen molar-refractivity contribution in [2.24, 2.45) is 5.92 Å². The molecule has 0 aliphatic rings. The molecule has 0 unspecified atom stereocenters. The summed E-state index contributed by atoms with van der Waals surface area (Å²) in [7, 11) is 0. The van der Waals surface area contributed by atoms with Gasteiger partial charge in [-0.3, -0.25) is 0 Å². The first-order chi connectivity index (χ1) is 13.9. The second kappa shape index (κ2) is 7.96. The molecule has 0 spiro atoms. The van der Waals surface area contributed by atoms with E-state index in [1.807, 2.05) is 30.3 Å². The molecule has 0 amide bonds. The Morgan fingerprint density at radius 3 is 2.38 bits per heavy atom. The molecule has 3 aromatic carbocycles. The van der Waals surface area contributed by atoms with Gasteiger partial charge in [-0.25, -0.2) is 0 Å². The molecular formula is C26H26ClNO. The highest BCUT2D eigenvalue weighted by Gasteiger charge is 2.17. The van der Waals surface area contributed by atoms with Gasteiger partial charge in [0.25, 0.3) is 0 Å². The summed E-state index contributed by atoms with van der Waals surface area (Å²) in [5, 5.41) is 12.0. The van der Waals surface area contributed by atoms with Crippen molar-refractivity contribution in [1.82, 2.24) is 4.57 Å². The van der Waals surface area contributed by atoms with Gasteiger partial charge in [0.15, 0.2) is 0 Å². The van der Waals surface area contributed by atoms with E-state index in [0.717, 1.165) is 27.9 Å². The third-order valence-electron chi connectivity index (χ3n) is 5.48. The zero-order chi connectivity index (χ0) is 20.5. The number of halogens is 1. The van der Waals surface area contributed by atoms with Gasteiger partial charge in [0.05, 0.1) is 0 Å². The number of hydrogen-bond acceptors (Lipinski definition) is 1. The predicted octanol–water partition coefficient (Wildman–Crippen LogP) is 7.22. The van der Waals surface area contributed by atoms with E-state index in [1.165, 1.54) is 22.4 Å². The van der Waals surface area contributed by atoms with Crippen LogP contribution in [-0.4, -0.2) is 9.67 Å². The van der Waals surface area contributed by atoms with Crippen molar-refractivity contribution in [1.29, 1.82) is 0 Å². The van der Waals surface area contributed by atoms with Crippen LogP contribution in [0.25, 0.3) is 22.0 Å². The van der Waals surface area contributed by atoms with Crippen LogP contribution in [0.15, 0.2) is 66.7 Å². The standard InChI is InChI=1S/C26H26ClNO/c1-17(2)14-19-8-10-20(11-9-19)26-18(3)28(16-21-6-4-5-7-24(21)27)25-13-12-22(29)15-23(25)26/h4-13,15,17,29H,14,16H2,1-3H3. The summed E-state index contributed by atoms with van der Waals surface area (Å²) in [5.74, 6) is 0.919. The summed E-state index contributed by atoms with van der Waals surface area (Å²) >= 11 is 6.43. The third kappa shape index (κ3) is 3.90. The maximum atomic E-state index is 10.1. The van der Waals surface area contributed by atoms with Crippen LogP contribution in [0.2, 0.25) is 5.02 Å². The summed E-state index contributed by atoms with van der Waals surface area (Å²) in [6, 6.07) is 22.4. The van der Waals surface area contributed by atoms with Gasteiger partial charge < -0.3 is 9.67 Å². The number of aromatic nitrogens is 1. The number of phenolic OH excluding ortho intramolecular Hbond substituents is 1. The van der Waals surface area contributed by atoms with E-state index in [9.17, 15) is 5.11 Å². The van der Waals surface area contributed by atoms with Crippen molar-refractivity contribution in [3.8, 4) is 16.9 Å². The minimum Gasteiger partial charge on any atom is -0.508 e. The Morgan fingerprint density at radius 1 is 0.966 bits per heavy atom. The highest BCUT2D eigenvalue weighted by molar-refractivity contribution is 6.31. The van der Waals surface area contributed by atoms with Crippen molar-refractivity contribution in [2.45, 2.75) is 33.7 Å². The molecular weight excluding hydrogens is 378 g/mol. The van der Waals surface area contributed by atoms with Crippen LogP contribution in [-0.2, 0) is 13.0 Å². The molecule has 0 bridgehead atoms. The van der Waals surface area contributed by atoms with Crippen molar-refractivity contribution in [3.05, 3.63) is 88.6 Å². The summed E-state index contributed by atoms with van der Waals surface area (Å²) < 4.78 is 2.29. The van der Waals surface area contributed by atoms with Crippen molar-refractivity contribution in [3.63, 3.8) is 0 Å². The lowest BCUT2D eigenvalue weighted by Gasteiger charge is -2.11. The van der Waals surface area contributed by atoms with E-state index in [-0.39, 0.29) is 5.75 Å². The van der Waals surface area contributed by atoms with Gasteiger partial charge in [-0.2, -0.15) is 0 Å². The maximum Gasteiger partial charge on any atom is 0.116 e. The summed E-state index contributed by atoms with van der Waals surface area (Å²) in [5.41, 5.74) is 7.04. The molecule has 0 atom stereocenters. The number of phenols is 1. The minimum absolute atomic E-state index is 0.282. The zero-order valence-electron chi connectivity index (χ0n) is 17.1. The van der Waals surface area contributed by atoms with Crippen LogP contribution < -0.4 is 0 Å². The first-order valence-corrected chi connectivity index (χ1v) is 10.5. The number of rotatable bonds is 5. The largest absolute Gasteiger partial charge is 0.508 e. The van der Waals surface area contributed by atoms with E-state index in [4.69, 9.17) is 11.6 Å². The molecule has 1 aromatic heterocycles. The molecule has 0 radical (unpaired) electrons. The fourth-order valence-corrected chi connectivity index (χ4v) is 4.31. The Balaban J connectivity index is 1.85. The molecule has 0 saturated carbocycles. The van der Waals surface area contributed by atoms with Crippen LogP contribution in [0, 0.1) is 12.8 Å². The number of aromatic hydroxyl groups is 1. The molecule has 0 aliphatic carbocycles. The summed E-state index contributed by atoms with van der Waals surface area (Å²) in [4.78, 5) is 0. The highest BCUT2D eigenvalue weighted by atomic mass is 35.5. The Hall–Kier alpha value is -2.71. The molecule has 1 heterocycles. The zero-order valence-corrected chi connectivity index (χ0v) is 17.9. The van der Waals surface area contributed by atoms with Crippen LogP contribution in [0.4, 0.5) is 0 Å². The fraction of sp³-hybridized carbons (Fsp3) is 0.231. The molecule has 2 nitrogen and oxygen atoms in total. The van der Waals surface area contributed by atoms with Crippen molar-refractivity contribution in [2.75, 3.05) is 0 Å². The Labute approximate surface area is 177 Å². The quantitative estimate of drug-likeness (QED) is 0.373. The number of benzene rings is 3. The third-order valence-corrected chi connectivity index (χ3v) is 5.85. The number of hydrogen-bond donors (Lipinski definition) is 1. The minimum atomic E-state index is 0.282. The molecule has 0 saturated heterocycles. The molecule has 0 fully saturated rings. The monoisotopic (exact) mass is 403 g/mol. The first kappa shape index (κ1) is 19.6. The normalized spacial score (nSPS) is 11.5. The van der Waals surface area contributed by atoms with E-state index >= 15 is 0 Å². The van der Waals surface area contributed by atoms with Gasteiger partial charge >= 0.3 is 0 Å². The van der Waals surface area contributed by atoms with Crippen molar-refractivity contribution < 1.29 is 5.11 Å².